The summed E-state index contributed by atoms with van der Waals surface area (Å²) in [6.07, 6.45) is 16.1. The Bertz CT molecular complexity index is 228. The van der Waals surface area contributed by atoms with Gasteiger partial charge in [0.25, 0.3) is 0 Å². The molecule has 2 saturated heterocycles. The van der Waals surface area contributed by atoms with Crippen molar-refractivity contribution in [1.82, 2.24) is 0 Å². The van der Waals surface area contributed by atoms with Crippen LogP contribution in [0.2, 0.25) is 0 Å². The Morgan fingerprint density at radius 3 is 1.42 bits per heavy atom. The summed E-state index contributed by atoms with van der Waals surface area (Å²) in [5.41, 5.74) is 0. The predicted molar refractivity (Wildman–Crippen MR) is 77.2 cm³/mol. The van der Waals surface area contributed by atoms with Crippen LogP contribution in [0.1, 0.15) is 70.6 Å². The lowest BCUT2D eigenvalue weighted by atomic mass is 9.87. The third kappa shape index (κ3) is 3.72. The highest BCUT2D eigenvalue weighted by atomic mass is 16.5. The molecule has 3 aliphatic rings. The third-order valence-corrected chi connectivity index (χ3v) is 5.54. The predicted octanol–water partition coefficient (Wildman–Crippen LogP) is 4.32. The van der Waals surface area contributed by atoms with Gasteiger partial charge in [-0.05, 0) is 76.0 Å². The topological polar surface area (TPSA) is 18.5 Å². The molecule has 1 aliphatic carbocycles. The normalized spacial score (nSPS) is 41.7. The summed E-state index contributed by atoms with van der Waals surface area (Å²) >= 11 is 0. The first-order valence-corrected chi connectivity index (χ1v) is 8.66. The van der Waals surface area contributed by atoms with Gasteiger partial charge in [0.05, 0.1) is 12.2 Å². The summed E-state index contributed by atoms with van der Waals surface area (Å²) in [5, 5.41) is 0. The molecule has 0 radical (unpaired) electrons. The molecule has 0 bridgehead atoms. The fraction of sp³-hybridized carbons (Fsp3) is 1.00. The molecule has 3 rings (SSSR count). The second-order valence-electron chi connectivity index (χ2n) is 6.84. The Kier molecular flexibility index (Phi) is 5.17. The molecule has 2 heteroatoms. The monoisotopic (exact) mass is 266 g/mol. The summed E-state index contributed by atoms with van der Waals surface area (Å²) in [4.78, 5) is 0. The molecule has 19 heavy (non-hydrogen) atoms. The molecule has 0 aromatic heterocycles. The van der Waals surface area contributed by atoms with E-state index in [4.69, 9.17) is 9.47 Å². The highest BCUT2D eigenvalue weighted by molar-refractivity contribution is 4.82. The third-order valence-electron chi connectivity index (χ3n) is 5.54. The van der Waals surface area contributed by atoms with Crippen molar-refractivity contribution in [2.45, 2.75) is 82.8 Å². The smallest absolute Gasteiger partial charge is 0.0603 e. The lowest BCUT2D eigenvalue weighted by molar-refractivity contribution is -0.0329. The molecule has 110 valence electrons. The highest BCUT2D eigenvalue weighted by Gasteiger charge is 2.31. The van der Waals surface area contributed by atoms with Gasteiger partial charge in [-0.25, -0.2) is 0 Å². The van der Waals surface area contributed by atoms with Gasteiger partial charge in [0.1, 0.15) is 0 Å². The van der Waals surface area contributed by atoms with Crippen LogP contribution in [0.5, 0.6) is 0 Å². The molecule has 0 N–H and O–H groups in total. The zero-order valence-electron chi connectivity index (χ0n) is 12.3. The lowest BCUT2D eigenvalue weighted by Crippen LogP contribution is -2.29. The van der Waals surface area contributed by atoms with Crippen LogP contribution >= 0.6 is 0 Å². The minimum absolute atomic E-state index is 0.583. The molecule has 1 saturated carbocycles. The van der Waals surface area contributed by atoms with Gasteiger partial charge >= 0.3 is 0 Å². The van der Waals surface area contributed by atoms with Gasteiger partial charge in [-0.3, -0.25) is 0 Å². The van der Waals surface area contributed by atoms with Crippen LogP contribution in [0.25, 0.3) is 0 Å². The van der Waals surface area contributed by atoms with Crippen molar-refractivity contribution in [3.8, 4) is 0 Å². The largest absolute Gasteiger partial charge is 0.378 e. The molecule has 3 fully saturated rings. The average molecular weight is 266 g/mol. The van der Waals surface area contributed by atoms with Crippen LogP contribution in [0, 0.1) is 11.8 Å². The second-order valence-corrected chi connectivity index (χ2v) is 6.84. The van der Waals surface area contributed by atoms with Crippen molar-refractivity contribution in [3.05, 3.63) is 0 Å². The van der Waals surface area contributed by atoms with E-state index in [-0.39, 0.29) is 0 Å². The van der Waals surface area contributed by atoms with Crippen molar-refractivity contribution < 1.29 is 9.47 Å². The molecule has 0 spiro atoms. The average Bonchev–Trinajstić information content (AvgIpc) is 2.75. The molecule has 0 amide bonds. The van der Waals surface area contributed by atoms with E-state index < -0.39 is 0 Å². The highest BCUT2D eigenvalue weighted by Crippen LogP contribution is 2.37. The van der Waals surface area contributed by atoms with Gasteiger partial charge in [0.2, 0.25) is 0 Å². The van der Waals surface area contributed by atoms with Crippen molar-refractivity contribution in [1.29, 1.82) is 0 Å². The maximum atomic E-state index is 6.02. The number of hydrogen-bond acceptors (Lipinski definition) is 2. The van der Waals surface area contributed by atoms with E-state index in [1.54, 1.807) is 0 Å². The molecule has 2 aliphatic heterocycles. The summed E-state index contributed by atoms with van der Waals surface area (Å²) in [6, 6.07) is 0. The van der Waals surface area contributed by atoms with Crippen molar-refractivity contribution in [2.75, 3.05) is 13.2 Å². The first kappa shape index (κ1) is 13.9. The summed E-state index contributed by atoms with van der Waals surface area (Å²) < 4.78 is 12.0. The molecule has 4 atom stereocenters. The van der Waals surface area contributed by atoms with Gasteiger partial charge < -0.3 is 9.47 Å². The van der Waals surface area contributed by atoms with Gasteiger partial charge in [0, 0.05) is 13.2 Å². The minimum atomic E-state index is 0.583. The van der Waals surface area contributed by atoms with E-state index in [2.05, 4.69) is 0 Å². The summed E-state index contributed by atoms with van der Waals surface area (Å²) in [6.45, 7) is 2.02. The van der Waals surface area contributed by atoms with Gasteiger partial charge in [-0.1, -0.05) is 6.42 Å². The molecule has 2 heterocycles. The molecular weight excluding hydrogens is 236 g/mol. The van der Waals surface area contributed by atoms with Crippen molar-refractivity contribution in [3.63, 3.8) is 0 Å². The van der Waals surface area contributed by atoms with Crippen molar-refractivity contribution >= 4 is 0 Å². The van der Waals surface area contributed by atoms with E-state index in [1.165, 1.54) is 70.6 Å². The Hall–Kier alpha value is -0.0800. The van der Waals surface area contributed by atoms with Crippen LogP contribution in [0.4, 0.5) is 0 Å². The Balaban J connectivity index is 1.50. The maximum absolute atomic E-state index is 6.02. The fourth-order valence-corrected chi connectivity index (χ4v) is 4.38. The number of rotatable bonds is 2. The summed E-state index contributed by atoms with van der Waals surface area (Å²) in [5.74, 6) is 1.68. The fourth-order valence-electron chi connectivity index (χ4n) is 4.38. The van der Waals surface area contributed by atoms with E-state index in [1.807, 2.05) is 0 Å². The molecule has 0 aromatic carbocycles. The zero-order chi connectivity index (χ0) is 12.9. The van der Waals surface area contributed by atoms with Crippen LogP contribution in [-0.4, -0.2) is 25.4 Å². The van der Waals surface area contributed by atoms with Crippen LogP contribution in [0.3, 0.4) is 0 Å². The summed E-state index contributed by atoms with van der Waals surface area (Å²) in [7, 11) is 0. The molecule has 2 nitrogen and oxygen atoms in total. The van der Waals surface area contributed by atoms with Gasteiger partial charge in [0.15, 0.2) is 0 Å². The Labute approximate surface area is 118 Å². The van der Waals surface area contributed by atoms with Crippen LogP contribution < -0.4 is 0 Å². The maximum Gasteiger partial charge on any atom is 0.0603 e. The van der Waals surface area contributed by atoms with Crippen LogP contribution in [-0.2, 0) is 9.47 Å². The quantitative estimate of drug-likeness (QED) is 0.693. The van der Waals surface area contributed by atoms with Crippen molar-refractivity contribution in [2.24, 2.45) is 11.8 Å². The van der Waals surface area contributed by atoms with Crippen LogP contribution in [0.15, 0.2) is 0 Å². The molecular formula is C17H30O2. The SMILES string of the molecule is C1CCC(C2CCCC(C3CCCCO3)CC2)OC1. The van der Waals surface area contributed by atoms with Gasteiger partial charge in [-0.2, -0.15) is 0 Å². The lowest BCUT2D eigenvalue weighted by Gasteiger charge is -2.31. The first-order valence-electron chi connectivity index (χ1n) is 8.66. The molecule has 4 unspecified atom stereocenters. The van der Waals surface area contributed by atoms with E-state index in [9.17, 15) is 0 Å². The Morgan fingerprint density at radius 1 is 0.474 bits per heavy atom. The first-order chi connectivity index (χ1) is 9.43. The van der Waals surface area contributed by atoms with E-state index in [0.717, 1.165) is 25.0 Å². The minimum Gasteiger partial charge on any atom is -0.378 e. The van der Waals surface area contributed by atoms with E-state index >= 15 is 0 Å². The number of hydrogen-bond donors (Lipinski definition) is 0. The number of ether oxygens (including phenoxy) is 2. The second kappa shape index (κ2) is 7.08. The molecule has 0 aromatic rings. The zero-order valence-corrected chi connectivity index (χ0v) is 12.3. The Morgan fingerprint density at radius 2 is 1.00 bits per heavy atom. The standard InChI is InChI=1S/C17H30O2/c1-3-12-18-16(8-1)14-6-5-7-15(11-10-14)17-9-2-4-13-19-17/h14-17H,1-13H2. The van der Waals surface area contributed by atoms with E-state index in [0.29, 0.717) is 12.2 Å². The van der Waals surface area contributed by atoms with Gasteiger partial charge in [-0.15, -0.1) is 0 Å².